The molecule has 1 aliphatic rings. The molecule has 0 atom stereocenters. The van der Waals surface area contributed by atoms with Gasteiger partial charge < -0.3 is 4.90 Å². The minimum Gasteiger partial charge on any atom is -0.337 e. The molecule has 0 N–H and O–H groups in total. The van der Waals surface area contributed by atoms with Gasteiger partial charge in [-0.3, -0.25) is 4.79 Å². The average molecular weight is 477 g/mol. The minimum atomic E-state index is -4.62. The van der Waals surface area contributed by atoms with E-state index in [9.17, 15) is 30.8 Å². The largest absolute Gasteiger partial charge is 0.417 e. The first-order chi connectivity index (χ1) is 14.5. The molecule has 31 heavy (non-hydrogen) atoms. The van der Waals surface area contributed by atoms with Crippen LogP contribution in [0.2, 0.25) is 5.02 Å². The summed E-state index contributed by atoms with van der Waals surface area (Å²) in [6, 6.07) is 7.95. The number of halogens is 5. The Hall–Kier alpha value is -2.43. The highest BCUT2D eigenvalue weighted by atomic mass is 35.5. The van der Waals surface area contributed by atoms with Crippen LogP contribution in [-0.2, 0) is 21.0 Å². The molecule has 1 heterocycles. The van der Waals surface area contributed by atoms with E-state index in [1.54, 1.807) is 0 Å². The summed E-state index contributed by atoms with van der Waals surface area (Å²) in [7, 11) is -3.89. The van der Waals surface area contributed by atoms with Gasteiger partial charge >= 0.3 is 6.18 Å². The van der Waals surface area contributed by atoms with Crippen LogP contribution in [0.4, 0.5) is 17.6 Å². The van der Waals surface area contributed by atoms with E-state index in [1.165, 1.54) is 29.2 Å². The van der Waals surface area contributed by atoms with Gasteiger partial charge in [0.05, 0.1) is 15.5 Å². The zero-order valence-electron chi connectivity index (χ0n) is 15.9. The summed E-state index contributed by atoms with van der Waals surface area (Å²) in [5, 5.41) is -0.438. The molecular weight excluding hydrogens is 460 g/mol. The number of hydrogen-bond donors (Lipinski definition) is 0. The monoisotopic (exact) mass is 476 g/mol. The van der Waals surface area contributed by atoms with Crippen LogP contribution in [0.25, 0.3) is 6.08 Å². The first-order valence-electron chi connectivity index (χ1n) is 9.08. The third kappa shape index (κ3) is 5.44. The first kappa shape index (κ1) is 23.2. The maximum absolute atomic E-state index is 13.4. The fourth-order valence-electron chi connectivity index (χ4n) is 3.06. The van der Waals surface area contributed by atoms with Crippen molar-refractivity contribution in [3.63, 3.8) is 0 Å². The molecule has 11 heteroatoms. The SMILES string of the molecule is O=C(/C=C/c1ccc(Cl)c(C(F)(F)F)c1)N1CCN(S(=O)(=O)c2cccc(F)c2)CC1. The van der Waals surface area contributed by atoms with Crippen molar-refractivity contribution in [2.24, 2.45) is 0 Å². The predicted molar refractivity (Wildman–Crippen MR) is 107 cm³/mol. The standard InChI is InChI=1S/C20H17ClF4N2O3S/c21-18-6-4-14(12-17(18)20(23,24)25)5-7-19(28)26-8-10-27(11-9-26)31(29,30)16-3-1-2-15(22)13-16/h1-7,12-13H,8-11H2/b7-5+. The zero-order chi connectivity index (χ0) is 22.8. The number of alkyl halides is 3. The number of piperazine rings is 1. The molecule has 1 fully saturated rings. The summed E-state index contributed by atoms with van der Waals surface area (Å²) in [6.07, 6.45) is -2.25. The fourth-order valence-corrected chi connectivity index (χ4v) is 4.74. The van der Waals surface area contributed by atoms with E-state index in [0.29, 0.717) is 0 Å². The third-order valence-corrected chi connectivity index (χ3v) is 6.92. The van der Waals surface area contributed by atoms with Crippen molar-refractivity contribution in [1.82, 2.24) is 9.21 Å². The molecule has 0 saturated carbocycles. The van der Waals surface area contributed by atoms with Crippen LogP contribution in [0.5, 0.6) is 0 Å². The quantitative estimate of drug-likeness (QED) is 0.494. The Bertz CT molecular complexity index is 1110. The molecule has 166 valence electrons. The number of sulfonamides is 1. The molecule has 1 aliphatic heterocycles. The van der Waals surface area contributed by atoms with Crippen LogP contribution in [-0.4, -0.2) is 49.7 Å². The molecule has 2 aromatic carbocycles. The maximum atomic E-state index is 13.4. The molecule has 0 spiro atoms. The van der Waals surface area contributed by atoms with Gasteiger partial charge in [-0.15, -0.1) is 0 Å². The molecule has 1 saturated heterocycles. The molecule has 1 amide bonds. The van der Waals surface area contributed by atoms with Crippen LogP contribution in [0.3, 0.4) is 0 Å². The van der Waals surface area contributed by atoms with Crippen molar-refractivity contribution in [2.45, 2.75) is 11.1 Å². The Morgan fingerprint density at radius 2 is 1.71 bits per heavy atom. The van der Waals surface area contributed by atoms with Crippen molar-refractivity contribution in [1.29, 1.82) is 0 Å². The summed E-state index contributed by atoms with van der Waals surface area (Å²) < 4.78 is 78.5. The third-order valence-electron chi connectivity index (χ3n) is 4.70. The van der Waals surface area contributed by atoms with E-state index in [0.717, 1.165) is 34.6 Å². The number of hydrogen-bond acceptors (Lipinski definition) is 3. The first-order valence-corrected chi connectivity index (χ1v) is 10.9. The van der Waals surface area contributed by atoms with Gasteiger partial charge in [-0.1, -0.05) is 23.7 Å². The van der Waals surface area contributed by atoms with Gasteiger partial charge in [0, 0.05) is 32.3 Å². The lowest BCUT2D eigenvalue weighted by Crippen LogP contribution is -2.50. The van der Waals surface area contributed by atoms with Gasteiger partial charge in [0.25, 0.3) is 0 Å². The van der Waals surface area contributed by atoms with Gasteiger partial charge in [0.15, 0.2) is 0 Å². The Balaban J connectivity index is 1.64. The second-order valence-electron chi connectivity index (χ2n) is 6.76. The highest BCUT2D eigenvalue weighted by molar-refractivity contribution is 7.89. The molecule has 5 nitrogen and oxygen atoms in total. The molecular formula is C20H17ClF4N2O3S. The average Bonchev–Trinajstić information content (AvgIpc) is 2.72. The van der Waals surface area contributed by atoms with Crippen LogP contribution >= 0.6 is 11.6 Å². The van der Waals surface area contributed by atoms with Crippen LogP contribution < -0.4 is 0 Å². The molecule has 0 aromatic heterocycles. The van der Waals surface area contributed by atoms with E-state index in [-0.39, 0.29) is 36.6 Å². The summed E-state index contributed by atoms with van der Waals surface area (Å²) in [5.41, 5.74) is -0.850. The maximum Gasteiger partial charge on any atom is 0.417 e. The molecule has 3 rings (SSSR count). The van der Waals surface area contributed by atoms with Crippen LogP contribution in [0.1, 0.15) is 11.1 Å². The van der Waals surface area contributed by atoms with E-state index in [2.05, 4.69) is 0 Å². The zero-order valence-corrected chi connectivity index (χ0v) is 17.5. The van der Waals surface area contributed by atoms with E-state index in [4.69, 9.17) is 11.6 Å². The highest BCUT2D eigenvalue weighted by Crippen LogP contribution is 2.35. The van der Waals surface area contributed by atoms with E-state index < -0.39 is 38.5 Å². The number of benzene rings is 2. The summed E-state index contributed by atoms with van der Waals surface area (Å²) in [4.78, 5) is 13.6. The number of carbonyl (C=O) groups is 1. The highest BCUT2D eigenvalue weighted by Gasteiger charge is 2.33. The minimum absolute atomic E-state index is 0.0115. The van der Waals surface area contributed by atoms with Crippen molar-refractivity contribution < 1.29 is 30.8 Å². The molecule has 0 radical (unpaired) electrons. The number of rotatable bonds is 4. The van der Waals surface area contributed by atoms with Crippen molar-refractivity contribution >= 4 is 33.6 Å². The van der Waals surface area contributed by atoms with Crippen LogP contribution in [0.15, 0.2) is 53.4 Å². The van der Waals surface area contributed by atoms with Gasteiger partial charge in [0.2, 0.25) is 15.9 Å². The van der Waals surface area contributed by atoms with Gasteiger partial charge in [0.1, 0.15) is 5.82 Å². The second kappa shape index (κ2) is 8.97. The van der Waals surface area contributed by atoms with Gasteiger partial charge in [-0.05, 0) is 42.0 Å². The second-order valence-corrected chi connectivity index (χ2v) is 9.10. The Labute approximate surface area is 181 Å². The molecule has 0 unspecified atom stereocenters. The number of nitrogens with zero attached hydrogens (tertiary/aromatic N) is 2. The molecule has 0 aliphatic carbocycles. The summed E-state index contributed by atoms with van der Waals surface area (Å²) in [5.74, 6) is -1.14. The predicted octanol–water partition coefficient (Wildman–Crippen LogP) is 4.04. The van der Waals surface area contributed by atoms with Crippen molar-refractivity contribution in [2.75, 3.05) is 26.2 Å². The Morgan fingerprint density at radius 3 is 2.32 bits per heavy atom. The van der Waals surface area contributed by atoms with Gasteiger partial charge in [-0.2, -0.15) is 17.5 Å². The molecule has 2 aromatic rings. The van der Waals surface area contributed by atoms with E-state index in [1.807, 2.05) is 0 Å². The smallest absolute Gasteiger partial charge is 0.337 e. The van der Waals surface area contributed by atoms with Crippen molar-refractivity contribution in [3.8, 4) is 0 Å². The lowest BCUT2D eigenvalue weighted by Gasteiger charge is -2.33. The topological polar surface area (TPSA) is 57.7 Å². The Kier molecular flexibility index (Phi) is 6.73. The lowest BCUT2D eigenvalue weighted by molar-refractivity contribution is -0.137. The van der Waals surface area contributed by atoms with Gasteiger partial charge in [-0.25, -0.2) is 12.8 Å². The lowest BCUT2D eigenvalue weighted by atomic mass is 10.1. The van der Waals surface area contributed by atoms with Crippen LogP contribution in [0, 0.1) is 5.82 Å². The summed E-state index contributed by atoms with van der Waals surface area (Å²) in [6.45, 7) is 0.202. The number of carbonyl (C=O) groups excluding carboxylic acids is 1. The fraction of sp³-hybridized carbons (Fsp3) is 0.250. The summed E-state index contributed by atoms with van der Waals surface area (Å²) >= 11 is 5.57. The van der Waals surface area contributed by atoms with E-state index >= 15 is 0 Å². The number of amides is 1. The Morgan fingerprint density at radius 1 is 1.03 bits per heavy atom. The van der Waals surface area contributed by atoms with Crippen molar-refractivity contribution in [3.05, 3.63) is 70.5 Å². The normalized spacial score (nSPS) is 16.1. The molecule has 0 bridgehead atoms.